The maximum absolute atomic E-state index is 14.5. The summed E-state index contributed by atoms with van der Waals surface area (Å²) in [6.45, 7) is 1.11. The van der Waals surface area contributed by atoms with Crippen LogP contribution in [0.15, 0.2) is 47.4 Å². The van der Waals surface area contributed by atoms with Gasteiger partial charge in [-0.05, 0) is 48.4 Å². The first-order valence-corrected chi connectivity index (χ1v) is 12.5. The Kier molecular flexibility index (Phi) is 7.61. The summed E-state index contributed by atoms with van der Waals surface area (Å²) in [6.07, 6.45) is -3.95. The quantitative estimate of drug-likeness (QED) is 0.330. The molecule has 0 aliphatic carbocycles. The van der Waals surface area contributed by atoms with Gasteiger partial charge >= 0.3 is 6.18 Å². The van der Waals surface area contributed by atoms with Crippen LogP contribution in [-0.2, 0) is 27.4 Å². The number of aromatic nitrogens is 1. The first kappa shape index (κ1) is 27.3. The summed E-state index contributed by atoms with van der Waals surface area (Å²) in [4.78, 5) is 15.8. The third-order valence-electron chi connectivity index (χ3n) is 5.35. The van der Waals surface area contributed by atoms with E-state index in [0.29, 0.717) is 0 Å². The van der Waals surface area contributed by atoms with Crippen LogP contribution in [-0.4, -0.2) is 25.6 Å². The molecule has 2 aromatic carbocycles. The highest BCUT2D eigenvalue weighted by atomic mass is 35.5. The molecular weight excluding hydrogens is 529 g/mol. The molecular formula is C23H19ClF5N3O3S. The number of hydrogen-bond acceptors (Lipinski definition) is 5. The van der Waals surface area contributed by atoms with Crippen LogP contribution in [0.2, 0.25) is 5.02 Å². The number of nitrogens with zero attached hydrogens (tertiary/aromatic N) is 1. The molecule has 0 bridgehead atoms. The van der Waals surface area contributed by atoms with Crippen molar-refractivity contribution in [1.29, 1.82) is 0 Å². The summed E-state index contributed by atoms with van der Waals surface area (Å²) in [6, 6.07) is 7.34. The zero-order valence-electron chi connectivity index (χ0n) is 18.8. The van der Waals surface area contributed by atoms with Crippen LogP contribution in [0.25, 0.3) is 11.3 Å². The highest BCUT2D eigenvalue weighted by Gasteiger charge is 2.33. The minimum Gasteiger partial charge on any atom is -0.396 e. The van der Waals surface area contributed by atoms with Gasteiger partial charge in [0.25, 0.3) is 0 Å². The number of pyridine rings is 1. The lowest BCUT2D eigenvalue weighted by Crippen LogP contribution is -2.28. The third kappa shape index (κ3) is 5.76. The third-order valence-corrected chi connectivity index (χ3v) is 6.76. The minimum atomic E-state index is -4.76. The summed E-state index contributed by atoms with van der Waals surface area (Å²) in [5.74, 6) is -3.67. The monoisotopic (exact) mass is 547 g/mol. The largest absolute Gasteiger partial charge is 0.433 e. The van der Waals surface area contributed by atoms with E-state index < -0.39 is 55.7 Å². The number of nitrogens with two attached hydrogens (primary N) is 1. The summed E-state index contributed by atoms with van der Waals surface area (Å²) in [5.41, 5.74) is 4.12. The molecule has 6 nitrogen and oxygen atoms in total. The summed E-state index contributed by atoms with van der Waals surface area (Å²) in [7, 11) is -3.89. The molecule has 0 saturated carbocycles. The topological polar surface area (TPSA) is 102 Å². The normalized spacial score (nSPS) is 12.9. The van der Waals surface area contributed by atoms with E-state index in [2.05, 4.69) is 10.3 Å². The summed E-state index contributed by atoms with van der Waals surface area (Å²) < 4.78 is 91.1. The number of carbonyl (C=O) groups excluding carboxylic acids is 1. The summed E-state index contributed by atoms with van der Waals surface area (Å²) in [5, 5.41) is 2.19. The second kappa shape index (κ2) is 10.0. The van der Waals surface area contributed by atoms with Gasteiger partial charge in [0.05, 0.1) is 22.3 Å². The van der Waals surface area contributed by atoms with Crippen LogP contribution >= 0.6 is 11.6 Å². The second-order valence-corrected chi connectivity index (χ2v) is 10.3. The van der Waals surface area contributed by atoms with E-state index in [1.54, 1.807) is 0 Å². The lowest BCUT2D eigenvalue weighted by Gasteiger charge is -2.18. The van der Waals surface area contributed by atoms with Crippen LogP contribution in [0.5, 0.6) is 0 Å². The van der Waals surface area contributed by atoms with Gasteiger partial charge in [0.1, 0.15) is 16.4 Å². The molecule has 1 heterocycles. The minimum absolute atomic E-state index is 0.0217. The Bertz CT molecular complexity index is 1450. The number of hydrogen-bond donors (Lipinski definition) is 2. The Labute approximate surface area is 208 Å². The van der Waals surface area contributed by atoms with E-state index in [9.17, 15) is 35.2 Å². The second-order valence-electron chi connectivity index (χ2n) is 7.92. The number of nitrogens with one attached hydrogen (secondary N) is 1. The molecule has 36 heavy (non-hydrogen) atoms. The van der Waals surface area contributed by atoms with Crippen LogP contribution < -0.4 is 11.1 Å². The van der Waals surface area contributed by atoms with Gasteiger partial charge in [0.15, 0.2) is 15.7 Å². The molecule has 3 N–H and O–H groups in total. The highest BCUT2D eigenvalue weighted by Crippen LogP contribution is 2.33. The summed E-state index contributed by atoms with van der Waals surface area (Å²) >= 11 is 5.77. The number of alkyl halides is 3. The Balaban J connectivity index is 1.91. The molecule has 0 fully saturated rings. The van der Waals surface area contributed by atoms with Crippen LogP contribution in [0.4, 0.5) is 27.6 Å². The molecule has 1 amide bonds. The molecule has 0 aliphatic rings. The Morgan fingerprint density at radius 2 is 1.81 bits per heavy atom. The van der Waals surface area contributed by atoms with E-state index in [4.69, 9.17) is 17.3 Å². The maximum Gasteiger partial charge on any atom is 0.433 e. The van der Waals surface area contributed by atoms with Crippen molar-refractivity contribution < 1.29 is 35.2 Å². The maximum atomic E-state index is 14.5. The average Bonchev–Trinajstić information content (AvgIpc) is 2.79. The lowest BCUT2D eigenvalue weighted by atomic mass is 9.98. The number of carbonyl (C=O) groups is 1. The molecule has 0 radical (unpaired) electrons. The highest BCUT2D eigenvalue weighted by molar-refractivity contribution is 7.90. The van der Waals surface area contributed by atoms with Crippen molar-refractivity contribution in [1.82, 2.24) is 10.3 Å². The standard InChI is InChI=1S/C23H19ClF5N3O3S/c1-11(14-5-7-17(36(2,34)35)19(26)20(14)30)22(33)31-10-13-4-8-18(23(27,28)29)32-21(13)12-3-6-16(25)15(24)9-12/h3-9,11H,10,30H2,1-2H3,(H,31,33)/t11-/m0/s1. The molecule has 1 atom stereocenters. The number of sulfone groups is 1. The van der Waals surface area contributed by atoms with E-state index in [1.165, 1.54) is 19.1 Å². The molecule has 13 heteroatoms. The van der Waals surface area contributed by atoms with Crippen molar-refractivity contribution in [3.63, 3.8) is 0 Å². The smallest absolute Gasteiger partial charge is 0.396 e. The van der Waals surface area contributed by atoms with Crippen molar-refractivity contribution in [3.05, 3.63) is 75.9 Å². The predicted molar refractivity (Wildman–Crippen MR) is 124 cm³/mol. The molecule has 0 spiro atoms. The van der Waals surface area contributed by atoms with Crippen molar-refractivity contribution in [2.24, 2.45) is 0 Å². The average molecular weight is 548 g/mol. The van der Waals surface area contributed by atoms with Gasteiger partial charge in [-0.3, -0.25) is 4.79 Å². The van der Waals surface area contributed by atoms with Crippen molar-refractivity contribution in [3.8, 4) is 11.3 Å². The zero-order chi connectivity index (χ0) is 27.0. The van der Waals surface area contributed by atoms with E-state index in [0.717, 1.165) is 36.6 Å². The van der Waals surface area contributed by atoms with Gasteiger partial charge in [-0.15, -0.1) is 0 Å². The van der Waals surface area contributed by atoms with Gasteiger partial charge in [0.2, 0.25) is 5.91 Å². The van der Waals surface area contributed by atoms with Crippen molar-refractivity contribution in [2.75, 3.05) is 12.0 Å². The number of rotatable bonds is 6. The molecule has 192 valence electrons. The van der Waals surface area contributed by atoms with Gasteiger partial charge in [0, 0.05) is 18.4 Å². The Hall–Kier alpha value is -3.25. The molecule has 3 aromatic rings. The molecule has 1 aromatic heterocycles. The van der Waals surface area contributed by atoms with Crippen LogP contribution in [0, 0.1) is 11.6 Å². The molecule has 3 rings (SSSR count). The number of nitrogen functional groups attached to an aromatic ring is 1. The number of benzene rings is 2. The van der Waals surface area contributed by atoms with Crippen LogP contribution in [0.3, 0.4) is 0 Å². The van der Waals surface area contributed by atoms with E-state index in [-0.39, 0.29) is 34.0 Å². The Morgan fingerprint density at radius 1 is 1.14 bits per heavy atom. The number of halogens is 6. The first-order valence-electron chi connectivity index (χ1n) is 10.2. The number of anilines is 1. The fourth-order valence-corrected chi connectivity index (χ4v) is 4.34. The van der Waals surface area contributed by atoms with Gasteiger partial charge in [-0.25, -0.2) is 22.2 Å². The fourth-order valence-electron chi connectivity index (χ4n) is 3.41. The van der Waals surface area contributed by atoms with E-state index >= 15 is 0 Å². The SMILES string of the molecule is C[C@H](C(=O)NCc1ccc(C(F)(F)F)nc1-c1ccc(F)c(Cl)c1)c1ccc(S(C)(=O)=O)c(F)c1N. The first-order chi connectivity index (χ1) is 16.6. The lowest BCUT2D eigenvalue weighted by molar-refractivity contribution is -0.141. The van der Waals surface area contributed by atoms with Crippen LogP contribution in [0.1, 0.15) is 29.7 Å². The van der Waals surface area contributed by atoms with Crippen molar-refractivity contribution >= 4 is 33.0 Å². The van der Waals surface area contributed by atoms with Crippen molar-refractivity contribution in [2.45, 2.75) is 30.5 Å². The van der Waals surface area contributed by atoms with Gasteiger partial charge in [-0.2, -0.15) is 13.2 Å². The fraction of sp³-hybridized carbons (Fsp3) is 0.217. The predicted octanol–water partition coefficient (Wildman–Crippen LogP) is 5.10. The van der Waals surface area contributed by atoms with Gasteiger partial charge in [-0.1, -0.05) is 23.7 Å². The van der Waals surface area contributed by atoms with Gasteiger partial charge < -0.3 is 11.1 Å². The number of amides is 1. The Morgan fingerprint density at radius 3 is 2.39 bits per heavy atom. The van der Waals surface area contributed by atoms with E-state index in [1.807, 2.05) is 0 Å². The molecule has 0 aliphatic heterocycles. The molecule has 0 saturated heterocycles. The zero-order valence-corrected chi connectivity index (χ0v) is 20.3. The molecule has 0 unspecified atom stereocenters.